The highest BCUT2D eigenvalue weighted by atomic mass is 79.9. The molecule has 2 aromatic rings. The minimum Gasteiger partial charge on any atom is -0.294 e. The van der Waals surface area contributed by atoms with Gasteiger partial charge >= 0.3 is 0 Å². The van der Waals surface area contributed by atoms with Crippen molar-refractivity contribution in [3.63, 3.8) is 0 Å². The first kappa shape index (κ1) is 13.2. The summed E-state index contributed by atoms with van der Waals surface area (Å²) in [5, 5.41) is 0.938. The summed E-state index contributed by atoms with van der Waals surface area (Å²) in [6, 6.07) is 7.78. The number of halogens is 1. The standard InChI is InChI=1S/C15H16BrNO/c1-2-3-4-9-14(18)15-11-7-5-6-8-13(11)17-10-12(15)16/h5-8,10H,2-4,9H2,1H3. The van der Waals surface area contributed by atoms with Crippen molar-refractivity contribution >= 4 is 32.6 Å². The van der Waals surface area contributed by atoms with Crippen molar-refractivity contribution in [2.45, 2.75) is 32.6 Å². The Morgan fingerprint density at radius 2 is 2.06 bits per heavy atom. The lowest BCUT2D eigenvalue weighted by Gasteiger charge is -2.07. The smallest absolute Gasteiger partial charge is 0.164 e. The number of hydrogen-bond donors (Lipinski definition) is 0. The highest BCUT2D eigenvalue weighted by molar-refractivity contribution is 9.10. The van der Waals surface area contributed by atoms with Gasteiger partial charge in [0.25, 0.3) is 0 Å². The molecule has 94 valence electrons. The number of ketones is 1. The highest BCUT2D eigenvalue weighted by Gasteiger charge is 2.14. The molecule has 0 atom stereocenters. The van der Waals surface area contributed by atoms with Crippen molar-refractivity contribution in [3.8, 4) is 0 Å². The number of para-hydroxylation sites is 1. The molecule has 1 aromatic carbocycles. The van der Waals surface area contributed by atoms with Crippen LogP contribution < -0.4 is 0 Å². The molecule has 1 aromatic heterocycles. The predicted molar refractivity (Wildman–Crippen MR) is 77.9 cm³/mol. The number of carbonyl (C=O) groups excluding carboxylic acids is 1. The summed E-state index contributed by atoms with van der Waals surface area (Å²) in [5.74, 6) is 0.203. The van der Waals surface area contributed by atoms with Gasteiger partial charge in [-0.2, -0.15) is 0 Å². The van der Waals surface area contributed by atoms with Crippen molar-refractivity contribution in [2.24, 2.45) is 0 Å². The maximum Gasteiger partial charge on any atom is 0.164 e. The van der Waals surface area contributed by atoms with E-state index in [1.807, 2.05) is 24.3 Å². The fourth-order valence-electron chi connectivity index (χ4n) is 2.06. The summed E-state index contributed by atoms with van der Waals surface area (Å²) >= 11 is 3.44. The number of carbonyl (C=O) groups is 1. The summed E-state index contributed by atoms with van der Waals surface area (Å²) in [6.07, 6.45) is 5.52. The van der Waals surface area contributed by atoms with Crippen molar-refractivity contribution in [1.29, 1.82) is 0 Å². The second-order valence-corrected chi connectivity index (χ2v) is 5.23. The van der Waals surface area contributed by atoms with Crippen LogP contribution in [0.5, 0.6) is 0 Å². The lowest BCUT2D eigenvalue weighted by molar-refractivity contribution is 0.0980. The molecule has 0 amide bonds. The largest absolute Gasteiger partial charge is 0.294 e. The fraction of sp³-hybridized carbons (Fsp3) is 0.333. The average molecular weight is 306 g/mol. The third-order valence-electron chi connectivity index (χ3n) is 3.02. The molecule has 2 nitrogen and oxygen atoms in total. The number of fused-ring (bicyclic) bond motifs is 1. The van der Waals surface area contributed by atoms with Crippen molar-refractivity contribution in [3.05, 3.63) is 40.5 Å². The number of Topliss-reactive ketones (excluding diaryl/α,β-unsaturated/α-hetero) is 1. The van der Waals surface area contributed by atoms with Gasteiger partial charge in [-0.1, -0.05) is 38.0 Å². The number of benzene rings is 1. The van der Waals surface area contributed by atoms with E-state index in [4.69, 9.17) is 0 Å². The zero-order chi connectivity index (χ0) is 13.0. The summed E-state index contributed by atoms with van der Waals surface area (Å²) in [5.41, 5.74) is 1.65. The van der Waals surface area contributed by atoms with Crippen LogP contribution in [-0.2, 0) is 0 Å². The number of hydrogen-bond acceptors (Lipinski definition) is 2. The Morgan fingerprint density at radius 1 is 1.28 bits per heavy atom. The second kappa shape index (κ2) is 6.10. The first-order valence-corrected chi connectivity index (χ1v) is 7.09. The Balaban J connectivity index is 2.36. The fourth-order valence-corrected chi connectivity index (χ4v) is 2.60. The molecule has 1 heterocycles. The number of rotatable bonds is 5. The Kier molecular flexibility index (Phi) is 4.48. The molecule has 0 aliphatic rings. The Hall–Kier alpha value is -1.22. The van der Waals surface area contributed by atoms with E-state index in [-0.39, 0.29) is 5.78 Å². The van der Waals surface area contributed by atoms with Gasteiger partial charge in [-0.15, -0.1) is 0 Å². The molecule has 0 saturated carbocycles. The molecular weight excluding hydrogens is 290 g/mol. The molecule has 0 radical (unpaired) electrons. The van der Waals surface area contributed by atoms with E-state index < -0.39 is 0 Å². The highest BCUT2D eigenvalue weighted by Crippen LogP contribution is 2.26. The number of aromatic nitrogens is 1. The van der Waals surface area contributed by atoms with Crippen LogP contribution in [0.4, 0.5) is 0 Å². The third kappa shape index (κ3) is 2.78. The molecule has 0 fully saturated rings. The number of nitrogens with zero attached hydrogens (tertiary/aromatic N) is 1. The molecule has 2 rings (SSSR count). The molecule has 0 spiro atoms. The van der Waals surface area contributed by atoms with Gasteiger partial charge in [0.1, 0.15) is 0 Å². The van der Waals surface area contributed by atoms with Crippen LogP contribution in [0.15, 0.2) is 34.9 Å². The lowest BCUT2D eigenvalue weighted by Crippen LogP contribution is -2.02. The van der Waals surface area contributed by atoms with Gasteiger partial charge in [0.2, 0.25) is 0 Å². The molecule has 0 aliphatic carbocycles. The van der Waals surface area contributed by atoms with E-state index in [2.05, 4.69) is 27.8 Å². The summed E-state index contributed by atoms with van der Waals surface area (Å²) in [6.45, 7) is 2.14. The van der Waals surface area contributed by atoms with E-state index in [1.54, 1.807) is 6.20 Å². The van der Waals surface area contributed by atoms with Gasteiger partial charge in [-0.25, -0.2) is 0 Å². The molecular formula is C15H16BrNO. The molecule has 18 heavy (non-hydrogen) atoms. The molecule has 0 unspecified atom stereocenters. The van der Waals surface area contributed by atoms with E-state index >= 15 is 0 Å². The van der Waals surface area contributed by atoms with E-state index in [0.717, 1.165) is 40.2 Å². The maximum absolute atomic E-state index is 12.3. The topological polar surface area (TPSA) is 30.0 Å². The Bertz CT molecular complexity index is 565. The van der Waals surface area contributed by atoms with Gasteiger partial charge < -0.3 is 0 Å². The Morgan fingerprint density at radius 3 is 2.83 bits per heavy atom. The SMILES string of the molecule is CCCCCC(=O)c1c(Br)cnc2ccccc12. The predicted octanol–water partition coefficient (Wildman–Crippen LogP) is 4.76. The summed E-state index contributed by atoms with van der Waals surface area (Å²) in [4.78, 5) is 16.6. The first-order valence-electron chi connectivity index (χ1n) is 6.30. The molecule has 0 aliphatic heterocycles. The van der Waals surface area contributed by atoms with Crippen LogP contribution in [0.1, 0.15) is 43.0 Å². The van der Waals surface area contributed by atoms with Crippen LogP contribution >= 0.6 is 15.9 Å². The quantitative estimate of drug-likeness (QED) is 0.589. The third-order valence-corrected chi connectivity index (χ3v) is 3.62. The van der Waals surface area contributed by atoms with E-state index in [1.165, 1.54) is 0 Å². The van der Waals surface area contributed by atoms with E-state index in [9.17, 15) is 4.79 Å². The van der Waals surface area contributed by atoms with Gasteiger partial charge in [-0.05, 0) is 28.4 Å². The second-order valence-electron chi connectivity index (χ2n) is 4.38. The van der Waals surface area contributed by atoms with Crippen molar-refractivity contribution < 1.29 is 4.79 Å². The summed E-state index contributed by atoms with van der Waals surface area (Å²) < 4.78 is 0.794. The van der Waals surface area contributed by atoms with E-state index in [0.29, 0.717) is 6.42 Å². The van der Waals surface area contributed by atoms with Gasteiger partial charge in [0.05, 0.1) is 5.52 Å². The van der Waals surface area contributed by atoms with Gasteiger partial charge in [0.15, 0.2) is 5.78 Å². The number of unbranched alkanes of at least 4 members (excludes halogenated alkanes) is 2. The molecule has 0 saturated heterocycles. The molecule has 3 heteroatoms. The van der Waals surface area contributed by atoms with Crippen LogP contribution in [0, 0.1) is 0 Å². The van der Waals surface area contributed by atoms with Crippen LogP contribution in [0.2, 0.25) is 0 Å². The Labute approximate surface area is 116 Å². The average Bonchev–Trinajstić information content (AvgIpc) is 2.38. The van der Waals surface area contributed by atoms with Crippen LogP contribution in [-0.4, -0.2) is 10.8 Å². The van der Waals surface area contributed by atoms with Gasteiger partial charge in [-0.3, -0.25) is 9.78 Å². The first-order chi connectivity index (χ1) is 8.74. The minimum absolute atomic E-state index is 0.203. The molecule has 0 bridgehead atoms. The zero-order valence-electron chi connectivity index (χ0n) is 10.4. The van der Waals surface area contributed by atoms with Gasteiger partial charge in [0, 0.05) is 28.0 Å². The minimum atomic E-state index is 0.203. The maximum atomic E-state index is 12.3. The van der Waals surface area contributed by atoms with Crippen LogP contribution in [0.25, 0.3) is 10.9 Å². The van der Waals surface area contributed by atoms with Crippen LogP contribution in [0.3, 0.4) is 0 Å². The van der Waals surface area contributed by atoms with Crippen molar-refractivity contribution in [1.82, 2.24) is 4.98 Å². The van der Waals surface area contributed by atoms with Crippen molar-refractivity contribution in [2.75, 3.05) is 0 Å². The summed E-state index contributed by atoms with van der Waals surface area (Å²) in [7, 11) is 0. The monoisotopic (exact) mass is 305 g/mol. The molecule has 0 N–H and O–H groups in total. The lowest BCUT2D eigenvalue weighted by atomic mass is 10.0. The normalized spacial score (nSPS) is 10.8. The zero-order valence-corrected chi connectivity index (χ0v) is 12.0. The number of pyridine rings is 1.